The molecular formula is C20H23FN4O. The SMILES string of the molecule is Cc1cc(C(=O)NCC(C)(C)c2ccc(F)cc2)c2c(C)nn(C)c2n1. The fourth-order valence-electron chi connectivity index (χ4n) is 3.15. The van der Waals surface area contributed by atoms with Crippen molar-refractivity contribution in [1.29, 1.82) is 0 Å². The van der Waals surface area contributed by atoms with Gasteiger partial charge in [0, 0.05) is 24.7 Å². The Morgan fingerprint density at radius 3 is 2.54 bits per heavy atom. The maximum absolute atomic E-state index is 13.2. The molecule has 0 unspecified atom stereocenters. The molecular weight excluding hydrogens is 331 g/mol. The molecule has 0 saturated carbocycles. The Balaban J connectivity index is 1.87. The number of pyridine rings is 1. The third-order valence-electron chi connectivity index (χ3n) is 4.66. The monoisotopic (exact) mass is 354 g/mol. The molecule has 3 aromatic rings. The van der Waals surface area contributed by atoms with Crippen molar-refractivity contribution >= 4 is 16.9 Å². The standard InChI is InChI=1S/C20H23FN4O/c1-12-10-16(17-13(2)24-25(5)18(17)23-12)19(26)22-11-20(3,4)14-6-8-15(21)9-7-14/h6-10H,11H2,1-5H3,(H,22,26). The third-order valence-corrected chi connectivity index (χ3v) is 4.66. The van der Waals surface area contributed by atoms with Gasteiger partial charge in [0.25, 0.3) is 5.91 Å². The smallest absolute Gasteiger partial charge is 0.252 e. The van der Waals surface area contributed by atoms with E-state index in [1.165, 1.54) is 12.1 Å². The number of nitrogens with zero attached hydrogens (tertiary/aromatic N) is 3. The fraction of sp³-hybridized carbons (Fsp3) is 0.350. The Hall–Kier alpha value is -2.76. The maximum atomic E-state index is 13.2. The third kappa shape index (κ3) is 3.31. The minimum absolute atomic E-state index is 0.160. The highest BCUT2D eigenvalue weighted by molar-refractivity contribution is 6.06. The van der Waals surface area contributed by atoms with E-state index in [4.69, 9.17) is 0 Å². The minimum Gasteiger partial charge on any atom is -0.351 e. The van der Waals surface area contributed by atoms with Gasteiger partial charge in [-0.15, -0.1) is 0 Å². The van der Waals surface area contributed by atoms with Gasteiger partial charge in [-0.05, 0) is 37.6 Å². The second-order valence-corrected chi connectivity index (χ2v) is 7.29. The number of amides is 1. The number of rotatable bonds is 4. The number of hydrogen-bond acceptors (Lipinski definition) is 3. The van der Waals surface area contributed by atoms with Crippen molar-refractivity contribution in [3.05, 3.63) is 58.7 Å². The molecule has 0 aliphatic rings. The van der Waals surface area contributed by atoms with E-state index in [0.29, 0.717) is 17.8 Å². The first-order chi connectivity index (χ1) is 12.2. The number of benzene rings is 1. The summed E-state index contributed by atoms with van der Waals surface area (Å²) in [5.74, 6) is -0.429. The van der Waals surface area contributed by atoms with Gasteiger partial charge in [0.05, 0.1) is 16.6 Å². The highest BCUT2D eigenvalue weighted by Gasteiger charge is 2.23. The Labute approximate surface area is 152 Å². The van der Waals surface area contributed by atoms with Gasteiger partial charge in [-0.3, -0.25) is 9.48 Å². The average Bonchev–Trinajstić information content (AvgIpc) is 2.86. The first kappa shape index (κ1) is 18.0. The van der Waals surface area contributed by atoms with Crippen LogP contribution in [0, 0.1) is 19.7 Å². The molecule has 0 radical (unpaired) electrons. The number of hydrogen-bond donors (Lipinski definition) is 1. The van der Waals surface area contributed by atoms with E-state index in [9.17, 15) is 9.18 Å². The minimum atomic E-state index is -0.325. The second kappa shape index (κ2) is 6.52. The van der Waals surface area contributed by atoms with Crippen LogP contribution < -0.4 is 5.32 Å². The van der Waals surface area contributed by atoms with Gasteiger partial charge >= 0.3 is 0 Å². The molecule has 0 aliphatic heterocycles. The summed E-state index contributed by atoms with van der Waals surface area (Å²) in [4.78, 5) is 17.4. The maximum Gasteiger partial charge on any atom is 0.252 e. The average molecular weight is 354 g/mol. The highest BCUT2D eigenvalue weighted by atomic mass is 19.1. The van der Waals surface area contributed by atoms with Gasteiger partial charge in [0.2, 0.25) is 0 Å². The highest BCUT2D eigenvalue weighted by Crippen LogP contribution is 2.24. The van der Waals surface area contributed by atoms with Gasteiger partial charge in [0.1, 0.15) is 5.82 Å². The van der Waals surface area contributed by atoms with E-state index in [-0.39, 0.29) is 17.1 Å². The molecule has 0 bridgehead atoms. The van der Waals surface area contributed by atoms with Crippen LogP contribution in [0.5, 0.6) is 0 Å². The number of halogens is 1. The van der Waals surface area contributed by atoms with Crippen molar-refractivity contribution in [2.24, 2.45) is 7.05 Å². The van der Waals surface area contributed by atoms with Gasteiger partial charge in [0.15, 0.2) is 5.65 Å². The molecule has 3 rings (SSSR count). The van der Waals surface area contributed by atoms with Crippen molar-refractivity contribution in [3.63, 3.8) is 0 Å². The molecule has 0 spiro atoms. The Morgan fingerprint density at radius 1 is 1.23 bits per heavy atom. The lowest BCUT2D eigenvalue weighted by Gasteiger charge is -2.25. The molecule has 0 saturated heterocycles. The Morgan fingerprint density at radius 2 is 1.88 bits per heavy atom. The lowest BCUT2D eigenvalue weighted by Crippen LogP contribution is -2.36. The van der Waals surface area contributed by atoms with Crippen LogP contribution in [0.4, 0.5) is 4.39 Å². The van der Waals surface area contributed by atoms with Gasteiger partial charge < -0.3 is 5.32 Å². The summed E-state index contributed by atoms with van der Waals surface area (Å²) >= 11 is 0. The molecule has 2 heterocycles. The summed E-state index contributed by atoms with van der Waals surface area (Å²) in [6, 6.07) is 8.17. The fourth-order valence-corrected chi connectivity index (χ4v) is 3.15. The zero-order chi connectivity index (χ0) is 19.1. The summed E-state index contributed by atoms with van der Waals surface area (Å²) < 4.78 is 14.8. The largest absolute Gasteiger partial charge is 0.351 e. The van der Waals surface area contributed by atoms with E-state index in [0.717, 1.165) is 22.3 Å². The Kier molecular flexibility index (Phi) is 4.52. The normalized spacial score (nSPS) is 11.8. The first-order valence-electron chi connectivity index (χ1n) is 8.54. The number of carbonyl (C=O) groups is 1. The topological polar surface area (TPSA) is 59.8 Å². The van der Waals surface area contributed by atoms with Gasteiger partial charge in [-0.25, -0.2) is 9.37 Å². The molecule has 0 atom stereocenters. The van der Waals surface area contributed by atoms with Crippen LogP contribution in [0.3, 0.4) is 0 Å². The predicted octanol–water partition coefficient (Wildman–Crippen LogP) is 3.43. The summed E-state index contributed by atoms with van der Waals surface area (Å²) in [5.41, 5.74) is 3.46. The number of carbonyl (C=O) groups excluding carboxylic acids is 1. The first-order valence-corrected chi connectivity index (χ1v) is 8.54. The second-order valence-electron chi connectivity index (χ2n) is 7.29. The number of aromatic nitrogens is 3. The lowest BCUT2D eigenvalue weighted by atomic mass is 9.84. The van der Waals surface area contributed by atoms with Gasteiger partial charge in [-0.1, -0.05) is 26.0 Å². The predicted molar refractivity (Wildman–Crippen MR) is 99.7 cm³/mol. The van der Waals surface area contributed by atoms with Crippen molar-refractivity contribution in [3.8, 4) is 0 Å². The molecule has 0 fully saturated rings. The van der Waals surface area contributed by atoms with Crippen molar-refractivity contribution < 1.29 is 9.18 Å². The van der Waals surface area contributed by atoms with Crippen LogP contribution in [0.2, 0.25) is 0 Å². The van der Waals surface area contributed by atoms with E-state index < -0.39 is 0 Å². The summed E-state index contributed by atoms with van der Waals surface area (Å²) in [6.45, 7) is 8.20. The molecule has 1 amide bonds. The zero-order valence-corrected chi connectivity index (χ0v) is 15.7. The molecule has 5 nitrogen and oxygen atoms in total. The molecule has 1 N–H and O–H groups in total. The molecule has 136 valence electrons. The molecule has 6 heteroatoms. The van der Waals surface area contributed by atoms with Crippen molar-refractivity contribution in [1.82, 2.24) is 20.1 Å². The number of nitrogens with one attached hydrogen (secondary N) is 1. The lowest BCUT2D eigenvalue weighted by molar-refractivity contribution is 0.0947. The van der Waals surface area contributed by atoms with E-state index in [1.54, 1.807) is 22.9 Å². The van der Waals surface area contributed by atoms with Crippen LogP contribution in [0.25, 0.3) is 11.0 Å². The van der Waals surface area contributed by atoms with Gasteiger partial charge in [-0.2, -0.15) is 5.10 Å². The molecule has 1 aromatic carbocycles. The Bertz CT molecular complexity index is 974. The molecule has 26 heavy (non-hydrogen) atoms. The zero-order valence-electron chi connectivity index (χ0n) is 15.7. The summed E-state index contributed by atoms with van der Waals surface area (Å²) in [6.07, 6.45) is 0. The van der Waals surface area contributed by atoms with E-state index in [2.05, 4.69) is 15.4 Å². The van der Waals surface area contributed by atoms with Crippen LogP contribution in [-0.2, 0) is 12.5 Å². The van der Waals surface area contributed by atoms with Crippen LogP contribution in [0.15, 0.2) is 30.3 Å². The van der Waals surface area contributed by atoms with Crippen LogP contribution >= 0.6 is 0 Å². The van der Waals surface area contributed by atoms with E-state index >= 15 is 0 Å². The van der Waals surface area contributed by atoms with Crippen LogP contribution in [0.1, 0.15) is 41.2 Å². The summed E-state index contributed by atoms with van der Waals surface area (Å²) in [7, 11) is 1.82. The van der Waals surface area contributed by atoms with Crippen molar-refractivity contribution in [2.75, 3.05) is 6.54 Å². The van der Waals surface area contributed by atoms with Crippen LogP contribution in [-0.4, -0.2) is 27.2 Å². The molecule has 2 aromatic heterocycles. The quantitative estimate of drug-likeness (QED) is 0.781. The number of fused-ring (bicyclic) bond motifs is 1. The molecule has 0 aliphatic carbocycles. The number of aryl methyl sites for hydroxylation is 3. The van der Waals surface area contributed by atoms with Crippen molar-refractivity contribution in [2.45, 2.75) is 33.1 Å². The summed E-state index contributed by atoms with van der Waals surface area (Å²) in [5, 5.41) is 8.16. The van der Waals surface area contributed by atoms with E-state index in [1.807, 2.05) is 34.7 Å².